The Kier molecular flexibility index (Phi) is 7.45. The third kappa shape index (κ3) is 5.03. The summed E-state index contributed by atoms with van der Waals surface area (Å²) in [6.45, 7) is 3.02. The van der Waals surface area contributed by atoms with Gasteiger partial charge in [0.25, 0.3) is 11.1 Å². The van der Waals surface area contributed by atoms with Crippen molar-refractivity contribution in [2.24, 2.45) is 0 Å². The van der Waals surface area contributed by atoms with Gasteiger partial charge >= 0.3 is 17.6 Å². The Morgan fingerprint density at radius 1 is 0.841 bits per heavy atom. The molecular weight excluding hydrogens is 598 g/mol. The van der Waals surface area contributed by atoms with Gasteiger partial charge in [-0.25, -0.2) is 19.0 Å². The number of aromatic nitrogens is 4. The third-order valence-electron chi connectivity index (χ3n) is 7.11. The van der Waals surface area contributed by atoms with Gasteiger partial charge in [-0.2, -0.15) is 0 Å². The van der Waals surface area contributed by atoms with Crippen molar-refractivity contribution in [3.8, 4) is 17.1 Å². The molecule has 0 aliphatic heterocycles. The quantitative estimate of drug-likeness (QED) is 0.125. The molecule has 44 heavy (non-hydrogen) atoms. The van der Waals surface area contributed by atoms with Crippen LogP contribution in [0.1, 0.15) is 54.7 Å². The Morgan fingerprint density at radius 2 is 1.30 bits per heavy atom. The molecule has 0 bridgehead atoms. The van der Waals surface area contributed by atoms with E-state index in [9.17, 15) is 44.6 Å². The number of phenolic OH excluding ortho intramolecular Hbond substituents is 1. The summed E-state index contributed by atoms with van der Waals surface area (Å²) in [5, 5.41) is 47.3. The van der Waals surface area contributed by atoms with Crippen LogP contribution in [0.3, 0.4) is 0 Å². The molecule has 0 atom stereocenters. The number of nitro groups is 1. The van der Waals surface area contributed by atoms with E-state index in [0.717, 1.165) is 15.4 Å². The molecule has 0 radical (unpaired) electrons. The first-order chi connectivity index (χ1) is 20.8. The summed E-state index contributed by atoms with van der Waals surface area (Å²) in [5.74, 6) is -4.73. The van der Waals surface area contributed by atoms with Crippen molar-refractivity contribution in [3.05, 3.63) is 136 Å². The number of aryl methyl sites for hydroxylation is 2. The molecule has 0 saturated heterocycles. The number of H-pyrrole nitrogens is 2. The van der Waals surface area contributed by atoms with Gasteiger partial charge in [-0.05, 0) is 56.3 Å². The lowest BCUT2D eigenvalue weighted by Gasteiger charge is -2.17. The zero-order valence-corrected chi connectivity index (χ0v) is 23.6. The second kappa shape index (κ2) is 11.1. The highest BCUT2D eigenvalue weighted by Crippen LogP contribution is 2.42. The molecule has 5 N–H and O–H groups in total. The minimum Gasteiger partial charge on any atom is -0.502 e. The maximum atomic E-state index is 14.0. The summed E-state index contributed by atoms with van der Waals surface area (Å²) < 4.78 is 2.11. The lowest BCUT2D eigenvalue weighted by molar-refractivity contribution is -0.385. The van der Waals surface area contributed by atoms with Crippen LogP contribution in [0.15, 0.2) is 70.3 Å². The number of carbonyl (C=O) groups is 2. The van der Waals surface area contributed by atoms with Crippen molar-refractivity contribution >= 4 is 29.2 Å². The van der Waals surface area contributed by atoms with Crippen molar-refractivity contribution in [2.75, 3.05) is 0 Å². The third-order valence-corrected chi connectivity index (χ3v) is 7.32. The minimum atomic E-state index is -1.44. The number of carboxylic acids is 2. The molecule has 14 nitrogen and oxygen atoms in total. The fourth-order valence-electron chi connectivity index (χ4n) is 5.14. The number of hydrogen-bond donors (Lipinski definition) is 5. The topological polar surface area (TPSA) is 214 Å². The first-order valence-corrected chi connectivity index (χ1v) is 13.1. The van der Waals surface area contributed by atoms with E-state index in [1.807, 2.05) is 0 Å². The van der Waals surface area contributed by atoms with Crippen LogP contribution in [0.4, 0.5) is 5.69 Å². The lowest BCUT2D eigenvalue weighted by Crippen LogP contribution is -2.25. The average molecular weight is 620 g/mol. The van der Waals surface area contributed by atoms with Gasteiger partial charge in [0.2, 0.25) is 0 Å². The Balaban J connectivity index is 1.83. The molecule has 0 unspecified atom stereocenters. The van der Waals surface area contributed by atoms with Crippen molar-refractivity contribution in [3.63, 3.8) is 0 Å². The van der Waals surface area contributed by atoms with Crippen LogP contribution in [0.2, 0.25) is 5.02 Å². The van der Waals surface area contributed by atoms with E-state index >= 15 is 0 Å². The van der Waals surface area contributed by atoms with E-state index < -0.39 is 45.3 Å². The van der Waals surface area contributed by atoms with Crippen LogP contribution in [-0.2, 0) is 0 Å². The van der Waals surface area contributed by atoms with E-state index in [1.165, 1.54) is 68.4 Å². The van der Waals surface area contributed by atoms with Gasteiger partial charge in [-0.15, -0.1) is 0 Å². The van der Waals surface area contributed by atoms with Crippen molar-refractivity contribution in [1.29, 1.82) is 0 Å². The largest absolute Gasteiger partial charge is 0.502 e. The Hall–Kier alpha value is -5.89. The monoisotopic (exact) mass is 619 g/mol. The van der Waals surface area contributed by atoms with Crippen LogP contribution in [0.25, 0.3) is 11.4 Å². The van der Waals surface area contributed by atoms with Gasteiger partial charge in [0.05, 0.1) is 44.5 Å². The maximum absolute atomic E-state index is 14.0. The lowest BCUT2D eigenvalue weighted by atomic mass is 9.84. The number of rotatable bonds is 8. The number of aromatic carboxylic acids is 2. The summed E-state index contributed by atoms with van der Waals surface area (Å²) >= 11 is 6.23. The normalized spacial score (nSPS) is 11.2. The second-order valence-electron chi connectivity index (χ2n) is 9.85. The number of aromatic hydroxyl groups is 1. The molecule has 0 aliphatic rings. The summed E-state index contributed by atoms with van der Waals surface area (Å²) in [6.07, 6.45) is 0. The molecule has 3 aromatic carbocycles. The molecule has 0 saturated carbocycles. The van der Waals surface area contributed by atoms with Crippen LogP contribution in [0, 0.1) is 24.0 Å². The molecule has 224 valence electrons. The van der Waals surface area contributed by atoms with Gasteiger partial charge in [0, 0.05) is 28.0 Å². The number of halogens is 1. The van der Waals surface area contributed by atoms with Gasteiger partial charge in [0.15, 0.2) is 5.75 Å². The Bertz CT molecular complexity index is 2010. The molecule has 0 fully saturated rings. The van der Waals surface area contributed by atoms with Crippen LogP contribution in [0.5, 0.6) is 5.75 Å². The van der Waals surface area contributed by atoms with Gasteiger partial charge < -0.3 is 15.3 Å². The smallest absolute Gasteiger partial charge is 0.335 e. The second-order valence-corrected chi connectivity index (χ2v) is 10.3. The highest BCUT2D eigenvalue weighted by atomic mass is 35.5. The van der Waals surface area contributed by atoms with Crippen LogP contribution in [-0.4, -0.2) is 51.7 Å². The number of nitrogens with one attached hydrogen (secondary N) is 2. The van der Waals surface area contributed by atoms with E-state index in [1.54, 1.807) is 0 Å². The zero-order chi connectivity index (χ0) is 32.0. The highest BCUT2D eigenvalue weighted by molar-refractivity contribution is 6.31. The standard InChI is InChI=1S/C29H22ClN5O9/c1-13-22(26(37)33(31-13)18-7-3-5-15(9-18)28(39)40)24(20-11-17(30)12-21(25(20)36)35(43)44)23-14(2)32-34(27(23)38)19-8-4-6-16(10-19)29(41)42/h3-12,24,31-32,36H,1-2H3,(H,39,40)(H,41,42). The summed E-state index contributed by atoms with van der Waals surface area (Å²) in [6, 6.07) is 13.1. The molecule has 5 aromatic rings. The Morgan fingerprint density at radius 3 is 1.70 bits per heavy atom. The van der Waals surface area contributed by atoms with E-state index in [4.69, 9.17) is 11.6 Å². The minimum absolute atomic E-state index is 0.0942. The van der Waals surface area contributed by atoms with Gasteiger partial charge in [-0.3, -0.25) is 29.9 Å². The average Bonchev–Trinajstić information content (AvgIpc) is 3.44. The summed E-state index contributed by atoms with van der Waals surface area (Å²) in [5.41, 5.74) is -2.16. The number of hydrogen-bond acceptors (Lipinski definition) is 7. The SMILES string of the molecule is Cc1[nH]n(-c2cccc(C(=O)O)c2)c(=O)c1C(c1cc(Cl)cc([N+](=O)[O-])c1O)c1c(C)[nH]n(-c2cccc(C(=O)O)c2)c1=O. The fourth-order valence-corrected chi connectivity index (χ4v) is 5.36. The van der Waals surface area contributed by atoms with Gasteiger partial charge in [0.1, 0.15) is 0 Å². The molecule has 5 rings (SSSR count). The number of aromatic amines is 2. The summed E-state index contributed by atoms with van der Waals surface area (Å²) in [7, 11) is 0. The molecule has 2 aromatic heterocycles. The Labute approximate surface area is 251 Å². The highest BCUT2D eigenvalue weighted by Gasteiger charge is 2.35. The maximum Gasteiger partial charge on any atom is 0.335 e. The molecule has 15 heteroatoms. The molecule has 0 aliphatic carbocycles. The molecule has 0 amide bonds. The van der Waals surface area contributed by atoms with Crippen molar-refractivity contribution < 1.29 is 29.8 Å². The van der Waals surface area contributed by atoms with Crippen molar-refractivity contribution in [2.45, 2.75) is 19.8 Å². The number of benzene rings is 3. The fraction of sp³-hybridized carbons (Fsp3) is 0.103. The number of nitrogens with zero attached hydrogens (tertiary/aromatic N) is 3. The van der Waals surface area contributed by atoms with Crippen LogP contribution >= 0.6 is 11.6 Å². The van der Waals surface area contributed by atoms with E-state index in [-0.39, 0.29) is 55.6 Å². The van der Waals surface area contributed by atoms with Crippen molar-refractivity contribution in [1.82, 2.24) is 19.6 Å². The number of carboxylic acid groups (broad SMARTS) is 2. The summed E-state index contributed by atoms with van der Waals surface area (Å²) in [4.78, 5) is 62.1. The van der Waals surface area contributed by atoms with E-state index in [2.05, 4.69) is 10.2 Å². The number of phenols is 1. The predicted octanol–water partition coefficient (Wildman–Crippen LogP) is 4.11. The molecule has 2 heterocycles. The first-order valence-electron chi connectivity index (χ1n) is 12.8. The van der Waals surface area contributed by atoms with Crippen LogP contribution < -0.4 is 11.1 Å². The van der Waals surface area contributed by atoms with Gasteiger partial charge in [-0.1, -0.05) is 23.7 Å². The first kappa shape index (κ1) is 29.6. The zero-order valence-electron chi connectivity index (χ0n) is 22.9. The van der Waals surface area contributed by atoms with E-state index in [0.29, 0.717) is 0 Å². The molecule has 0 spiro atoms. The molecular formula is C29H22ClN5O9. The number of nitro benzene ring substituents is 1. The predicted molar refractivity (Wildman–Crippen MR) is 157 cm³/mol.